The Labute approximate surface area is 148 Å². The van der Waals surface area contributed by atoms with Gasteiger partial charge in [-0.1, -0.05) is 15.9 Å². The van der Waals surface area contributed by atoms with Crippen LogP contribution in [0.5, 0.6) is 0 Å². The number of rotatable bonds is 5. The lowest BCUT2D eigenvalue weighted by atomic mass is 10.2. The number of halogens is 2. The molecule has 0 aliphatic heterocycles. The molecule has 0 aliphatic carbocycles. The zero-order chi connectivity index (χ0) is 16.1. The molecular formula is C17H18Br2N2O. The molecule has 2 aromatic rings. The first kappa shape index (κ1) is 17.0. The van der Waals surface area contributed by atoms with Gasteiger partial charge in [0, 0.05) is 33.4 Å². The molecule has 0 fully saturated rings. The minimum Gasteiger partial charge on any atom is -0.372 e. The highest BCUT2D eigenvalue weighted by Crippen LogP contribution is 2.23. The van der Waals surface area contributed by atoms with E-state index in [-0.39, 0.29) is 5.91 Å². The van der Waals surface area contributed by atoms with Crippen LogP contribution in [-0.4, -0.2) is 19.0 Å². The molecule has 0 radical (unpaired) electrons. The van der Waals surface area contributed by atoms with E-state index in [9.17, 15) is 4.79 Å². The van der Waals surface area contributed by atoms with Gasteiger partial charge in [0.1, 0.15) is 0 Å². The van der Waals surface area contributed by atoms with Crippen molar-refractivity contribution in [1.82, 2.24) is 0 Å². The lowest BCUT2D eigenvalue weighted by Crippen LogP contribution is -2.21. The Hall–Kier alpha value is -1.33. The van der Waals surface area contributed by atoms with Crippen LogP contribution in [0.25, 0.3) is 0 Å². The van der Waals surface area contributed by atoms with Gasteiger partial charge in [0.15, 0.2) is 0 Å². The molecule has 0 atom stereocenters. The van der Waals surface area contributed by atoms with Crippen LogP contribution in [0.3, 0.4) is 0 Å². The van der Waals surface area contributed by atoms with E-state index >= 15 is 0 Å². The number of carbonyl (C=O) groups is 1. The highest BCUT2D eigenvalue weighted by atomic mass is 79.9. The smallest absolute Gasteiger partial charge is 0.256 e. The van der Waals surface area contributed by atoms with Gasteiger partial charge in [0.25, 0.3) is 5.91 Å². The minimum absolute atomic E-state index is 0.130. The Balaban J connectivity index is 2.12. The SMILES string of the molecule is CCN(CC)c1ccc(NC(=O)c2ccc(Br)cc2Br)cc1. The van der Waals surface area contributed by atoms with Gasteiger partial charge in [-0.15, -0.1) is 0 Å². The quantitative estimate of drug-likeness (QED) is 0.703. The summed E-state index contributed by atoms with van der Waals surface area (Å²) in [5, 5.41) is 2.92. The molecule has 0 unspecified atom stereocenters. The van der Waals surface area contributed by atoms with Gasteiger partial charge in [-0.25, -0.2) is 0 Å². The Bertz CT molecular complexity index is 652. The molecule has 116 valence electrons. The maximum absolute atomic E-state index is 12.3. The third kappa shape index (κ3) is 4.11. The Morgan fingerprint density at radius 1 is 1.05 bits per heavy atom. The number of hydrogen-bond donors (Lipinski definition) is 1. The molecule has 3 nitrogen and oxygen atoms in total. The average Bonchev–Trinajstić information content (AvgIpc) is 2.50. The molecule has 0 aromatic heterocycles. The summed E-state index contributed by atoms with van der Waals surface area (Å²) in [5.41, 5.74) is 2.56. The summed E-state index contributed by atoms with van der Waals surface area (Å²) in [6, 6.07) is 13.4. The fraction of sp³-hybridized carbons (Fsp3) is 0.235. The lowest BCUT2D eigenvalue weighted by Gasteiger charge is -2.21. The number of hydrogen-bond acceptors (Lipinski definition) is 2. The van der Waals surface area contributed by atoms with Gasteiger partial charge in [-0.05, 0) is 72.2 Å². The van der Waals surface area contributed by atoms with E-state index in [2.05, 4.69) is 55.9 Å². The normalized spacial score (nSPS) is 10.4. The van der Waals surface area contributed by atoms with Gasteiger partial charge < -0.3 is 10.2 Å². The summed E-state index contributed by atoms with van der Waals surface area (Å²) >= 11 is 6.79. The molecule has 0 aliphatic rings. The highest BCUT2D eigenvalue weighted by molar-refractivity contribution is 9.11. The summed E-state index contributed by atoms with van der Waals surface area (Å²) in [6.07, 6.45) is 0. The van der Waals surface area contributed by atoms with E-state index < -0.39 is 0 Å². The van der Waals surface area contributed by atoms with Gasteiger partial charge in [-0.2, -0.15) is 0 Å². The minimum atomic E-state index is -0.130. The van der Waals surface area contributed by atoms with Crippen molar-refractivity contribution in [2.45, 2.75) is 13.8 Å². The number of nitrogens with zero attached hydrogens (tertiary/aromatic N) is 1. The third-order valence-electron chi connectivity index (χ3n) is 3.43. The van der Waals surface area contributed by atoms with E-state index in [0.717, 1.165) is 33.4 Å². The molecule has 1 amide bonds. The average molecular weight is 426 g/mol. The fourth-order valence-corrected chi connectivity index (χ4v) is 3.44. The Kier molecular flexibility index (Phi) is 6.03. The second kappa shape index (κ2) is 7.79. The van der Waals surface area contributed by atoms with Crippen LogP contribution in [0.1, 0.15) is 24.2 Å². The predicted molar refractivity (Wildman–Crippen MR) is 99.8 cm³/mol. The van der Waals surface area contributed by atoms with Crippen molar-refractivity contribution in [1.29, 1.82) is 0 Å². The molecule has 0 bridgehead atoms. The monoisotopic (exact) mass is 424 g/mol. The van der Waals surface area contributed by atoms with E-state index in [1.54, 1.807) is 6.07 Å². The second-order valence-electron chi connectivity index (χ2n) is 4.80. The largest absolute Gasteiger partial charge is 0.372 e. The molecule has 2 rings (SSSR count). The maximum atomic E-state index is 12.3. The van der Waals surface area contributed by atoms with E-state index in [4.69, 9.17) is 0 Å². The first-order chi connectivity index (χ1) is 10.5. The Morgan fingerprint density at radius 2 is 1.68 bits per heavy atom. The van der Waals surface area contributed by atoms with Crippen molar-refractivity contribution in [3.05, 3.63) is 57.0 Å². The maximum Gasteiger partial charge on any atom is 0.256 e. The van der Waals surface area contributed by atoms with Crippen LogP contribution < -0.4 is 10.2 Å². The fourth-order valence-electron chi connectivity index (χ4n) is 2.22. The van der Waals surface area contributed by atoms with Gasteiger partial charge in [-0.3, -0.25) is 4.79 Å². The molecule has 22 heavy (non-hydrogen) atoms. The second-order valence-corrected chi connectivity index (χ2v) is 6.57. The first-order valence-electron chi connectivity index (χ1n) is 7.16. The molecule has 0 heterocycles. The molecule has 1 N–H and O–H groups in total. The number of amides is 1. The van der Waals surface area contributed by atoms with Crippen LogP contribution in [0, 0.1) is 0 Å². The van der Waals surface area contributed by atoms with Crippen molar-refractivity contribution in [3.8, 4) is 0 Å². The highest BCUT2D eigenvalue weighted by Gasteiger charge is 2.11. The van der Waals surface area contributed by atoms with Crippen molar-refractivity contribution in [2.75, 3.05) is 23.3 Å². The molecule has 5 heteroatoms. The lowest BCUT2D eigenvalue weighted by molar-refractivity contribution is 0.102. The predicted octanol–water partition coefficient (Wildman–Crippen LogP) is 5.31. The van der Waals surface area contributed by atoms with Crippen molar-refractivity contribution < 1.29 is 4.79 Å². The van der Waals surface area contributed by atoms with Crippen LogP contribution in [0.4, 0.5) is 11.4 Å². The van der Waals surface area contributed by atoms with Crippen molar-refractivity contribution in [3.63, 3.8) is 0 Å². The van der Waals surface area contributed by atoms with Crippen LogP contribution in [-0.2, 0) is 0 Å². The standard InChI is InChI=1S/C17H18Br2N2O/c1-3-21(4-2)14-8-6-13(7-9-14)20-17(22)15-10-5-12(18)11-16(15)19/h5-11H,3-4H2,1-2H3,(H,20,22). The molecular weight excluding hydrogens is 408 g/mol. The number of anilines is 2. The van der Waals surface area contributed by atoms with E-state index in [0.29, 0.717) is 5.56 Å². The molecule has 0 saturated carbocycles. The summed E-state index contributed by atoms with van der Waals surface area (Å²) in [4.78, 5) is 14.6. The zero-order valence-corrected chi connectivity index (χ0v) is 15.7. The molecule has 0 spiro atoms. The number of nitrogens with one attached hydrogen (secondary N) is 1. The molecule has 2 aromatic carbocycles. The van der Waals surface area contributed by atoms with E-state index in [1.807, 2.05) is 36.4 Å². The van der Waals surface area contributed by atoms with Crippen molar-refractivity contribution >= 4 is 49.1 Å². The van der Waals surface area contributed by atoms with Gasteiger partial charge in [0.05, 0.1) is 5.56 Å². The summed E-state index contributed by atoms with van der Waals surface area (Å²) in [7, 11) is 0. The summed E-state index contributed by atoms with van der Waals surface area (Å²) in [6.45, 7) is 6.19. The molecule has 0 saturated heterocycles. The third-order valence-corrected chi connectivity index (χ3v) is 4.58. The van der Waals surface area contributed by atoms with Crippen molar-refractivity contribution in [2.24, 2.45) is 0 Å². The van der Waals surface area contributed by atoms with Gasteiger partial charge in [0.2, 0.25) is 0 Å². The number of benzene rings is 2. The van der Waals surface area contributed by atoms with Gasteiger partial charge >= 0.3 is 0 Å². The summed E-state index contributed by atoms with van der Waals surface area (Å²) in [5.74, 6) is -0.130. The zero-order valence-electron chi connectivity index (χ0n) is 12.6. The Morgan fingerprint density at radius 3 is 2.23 bits per heavy atom. The van der Waals surface area contributed by atoms with Crippen LogP contribution in [0.2, 0.25) is 0 Å². The number of carbonyl (C=O) groups excluding carboxylic acids is 1. The summed E-state index contributed by atoms with van der Waals surface area (Å²) < 4.78 is 1.69. The van der Waals surface area contributed by atoms with Crippen LogP contribution in [0.15, 0.2) is 51.4 Å². The van der Waals surface area contributed by atoms with Crippen LogP contribution >= 0.6 is 31.9 Å². The first-order valence-corrected chi connectivity index (χ1v) is 8.75. The topological polar surface area (TPSA) is 32.3 Å². The van der Waals surface area contributed by atoms with E-state index in [1.165, 1.54) is 0 Å².